The summed E-state index contributed by atoms with van der Waals surface area (Å²) in [5, 5.41) is 0. The minimum Gasteiger partial charge on any atom is -0.312 e. The summed E-state index contributed by atoms with van der Waals surface area (Å²) in [6, 6.07) is 7.90. The van der Waals surface area contributed by atoms with Gasteiger partial charge in [-0.1, -0.05) is 34.2 Å². The summed E-state index contributed by atoms with van der Waals surface area (Å²) < 4.78 is 1.03. The molecule has 1 fully saturated rings. The molecule has 0 aromatic heterocycles. The van der Waals surface area contributed by atoms with Crippen LogP contribution in [0.15, 0.2) is 52.5 Å². The Morgan fingerprint density at radius 3 is 2.58 bits per heavy atom. The Morgan fingerprint density at radius 1 is 1.32 bits per heavy atom. The van der Waals surface area contributed by atoms with Crippen LogP contribution in [0.25, 0.3) is 0 Å². The molecular formula is C16H18BrNO. The molecule has 0 N–H and O–H groups in total. The average molecular weight is 320 g/mol. The van der Waals surface area contributed by atoms with Gasteiger partial charge in [-0.05, 0) is 50.1 Å². The van der Waals surface area contributed by atoms with Gasteiger partial charge in [0.2, 0.25) is 5.91 Å². The van der Waals surface area contributed by atoms with Crippen molar-refractivity contribution in [3.8, 4) is 0 Å². The lowest BCUT2D eigenvalue weighted by molar-refractivity contribution is -0.119. The van der Waals surface area contributed by atoms with Crippen molar-refractivity contribution in [3.63, 3.8) is 0 Å². The van der Waals surface area contributed by atoms with E-state index in [0.717, 1.165) is 28.7 Å². The Kier molecular flexibility index (Phi) is 4.59. The summed E-state index contributed by atoms with van der Waals surface area (Å²) in [6.45, 7) is 4.76. The lowest BCUT2D eigenvalue weighted by Crippen LogP contribution is -2.27. The summed E-state index contributed by atoms with van der Waals surface area (Å²) in [7, 11) is 0. The number of amides is 1. The zero-order valence-corrected chi connectivity index (χ0v) is 12.9. The maximum atomic E-state index is 12.5. The van der Waals surface area contributed by atoms with E-state index in [4.69, 9.17) is 0 Å². The number of nitrogens with zero attached hydrogens (tertiary/aromatic N) is 1. The van der Waals surface area contributed by atoms with Gasteiger partial charge in [0.25, 0.3) is 0 Å². The van der Waals surface area contributed by atoms with E-state index in [9.17, 15) is 4.79 Å². The van der Waals surface area contributed by atoms with Gasteiger partial charge in [0, 0.05) is 16.7 Å². The highest BCUT2D eigenvalue weighted by molar-refractivity contribution is 9.10. The van der Waals surface area contributed by atoms with E-state index in [1.54, 1.807) is 0 Å². The molecule has 1 unspecified atom stereocenters. The molecule has 3 heteroatoms. The van der Waals surface area contributed by atoms with Crippen molar-refractivity contribution in [2.45, 2.75) is 20.3 Å². The predicted octanol–water partition coefficient (Wildman–Crippen LogP) is 4.32. The maximum absolute atomic E-state index is 12.5. The van der Waals surface area contributed by atoms with Crippen LogP contribution in [0.5, 0.6) is 0 Å². The van der Waals surface area contributed by atoms with E-state index in [1.165, 1.54) is 0 Å². The fourth-order valence-electron chi connectivity index (χ4n) is 2.47. The van der Waals surface area contributed by atoms with Gasteiger partial charge in [-0.2, -0.15) is 0 Å². The summed E-state index contributed by atoms with van der Waals surface area (Å²) >= 11 is 3.41. The number of benzene rings is 1. The lowest BCUT2D eigenvalue weighted by atomic mass is 9.97. The van der Waals surface area contributed by atoms with Crippen LogP contribution >= 0.6 is 15.9 Å². The summed E-state index contributed by atoms with van der Waals surface area (Å²) in [6.07, 6.45) is 6.95. The molecule has 19 heavy (non-hydrogen) atoms. The third kappa shape index (κ3) is 2.98. The molecule has 1 amide bonds. The van der Waals surface area contributed by atoms with Gasteiger partial charge in [-0.3, -0.25) is 4.79 Å². The SMILES string of the molecule is CC=CC(=CC)C1CCN(c2ccc(Br)cc2)C1=O. The Bertz CT molecular complexity index is 516. The minimum absolute atomic E-state index is 0.00449. The summed E-state index contributed by atoms with van der Waals surface area (Å²) in [5.74, 6) is 0.207. The fraction of sp³-hybridized carbons (Fsp3) is 0.312. The van der Waals surface area contributed by atoms with Crippen LogP contribution in [0.4, 0.5) is 5.69 Å². The Balaban J connectivity index is 2.20. The van der Waals surface area contributed by atoms with Crippen LogP contribution in [-0.2, 0) is 4.79 Å². The highest BCUT2D eigenvalue weighted by Gasteiger charge is 2.33. The topological polar surface area (TPSA) is 20.3 Å². The smallest absolute Gasteiger partial charge is 0.234 e. The zero-order valence-electron chi connectivity index (χ0n) is 11.3. The van der Waals surface area contributed by atoms with Gasteiger partial charge in [-0.15, -0.1) is 0 Å². The van der Waals surface area contributed by atoms with Gasteiger partial charge in [-0.25, -0.2) is 0 Å². The van der Waals surface area contributed by atoms with E-state index >= 15 is 0 Å². The molecule has 1 aliphatic heterocycles. The molecule has 1 aromatic carbocycles. The van der Waals surface area contributed by atoms with E-state index in [2.05, 4.69) is 15.9 Å². The lowest BCUT2D eigenvalue weighted by Gasteiger charge is -2.17. The molecular weight excluding hydrogens is 302 g/mol. The number of carbonyl (C=O) groups is 1. The second kappa shape index (κ2) is 6.20. The van der Waals surface area contributed by atoms with Crippen LogP contribution < -0.4 is 4.90 Å². The van der Waals surface area contributed by atoms with E-state index in [0.29, 0.717) is 0 Å². The van der Waals surface area contributed by atoms with Crippen molar-refractivity contribution in [3.05, 3.63) is 52.5 Å². The van der Waals surface area contributed by atoms with Crippen LogP contribution in [0.2, 0.25) is 0 Å². The Hall–Kier alpha value is -1.35. The molecule has 1 saturated heterocycles. The summed E-state index contributed by atoms with van der Waals surface area (Å²) in [5.41, 5.74) is 2.10. The van der Waals surface area contributed by atoms with Crippen molar-refractivity contribution >= 4 is 27.5 Å². The van der Waals surface area contributed by atoms with Crippen LogP contribution in [0.3, 0.4) is 0 Å². The van der Waals surface area contributed by atoms with Crippen molar-refractivity contribution in [1.29, 1.82) is 0 Å². The van der Waals surface area contributed by atoms with Crippen LogP contribution in [0, 0.1) is 5.92 Å². The predicted molar refractivity (Wildman–Crippen MR) is 83.2 cm³/mol. The first kappa shape index (κ1) is 14.1. The first-order chi connectivity index (χ1) is 9.17. The molecule has 0 bridgehead atoms. The molecule has 1 heterocycles. The second-order valence-electron chi connectivity index (χ2n) is 4.60. The first-order valence-electron chi connectivity index (χ1n) is 6.53. The minimum atomic E-state index is 0.00449. The monoisotopic (exact) mass is 319 g/mol. The number of hydrogen-bond donors (Lipinski definition) is 0. The van der Waals surface area contributed by atoms with Crippen LogP contribution in [-0.4, -0.2) is 12.5 Å². The summed E-state index contributed by atoms with van der Waals surface area (Å²) in [4.78, 5) is 14.4. The number of hydrogen-bond acceptors (Lipinski definition) is 1. The van der Waals surface area contributed by atoms with E-state index in [1.807, 2.05) is 61.2 Å². The average Bonchev–Trinajstić information content (AvgIpc) is 2.79. The van der Waals surface area contributed by atoms with E-state index < -0.39 is 0 Å². The number of halogens is 1. The third-order valence-corrected chi connectivity index (χ3v) is 3.97. The molecule has 100 valence electrons. The highest BCUT2D eigenvalue weighted by Crippen LogP contribution is 2.30. The van der Waals surface area contributed by atoms with Gasteiger partial charge in [0.15, 0.2) is 0 Å². The number of anilines is 1. The largest absolute Gasteiger partial charge is 0.312 e. The fourth-order valence-corrected chi connectivity index (χ4v) is 2.74. The standard InChI is InChI=1S/C16H18BrNO/c1-3-5-12(4-2)15-10-11-18(16(15)19)14-8-6-13(17)7-9-14/h3-9,15H,10-11H2,1-2H3. The van der Waals surface area contributed by atoms with Gasteiger partial charge >= 0.3 is 0 Å². The molecule has 2 rings (SSSR count). The van der Waals surface area contributed by atoms with Crippen molar-refractivity contribution < 1.29 is 4.79 Å². The third-order valence-electron chi connectivity index (χ3n) is 3.44. The quantitative estimate of drug-likeness (QED) is 0.759. The normalized spacial score (nSPS) is 20.6. The molecule has 0 spiro atoms. The van der Waals surface area contributed by atoms with Crippen LogP contribution in [0.1, 0.15) is 20.3 Å². The van der Waals surface area contributed by atoms with E-state index in [-0.39, 0.29) is 11.8 Å². The molecule has 1 aromatic rings. The van der Waals surface area contributed by atoms with Gasteiger partial charge in [0.1, 0.15) is 0 Å². The Labute approximate surface area is 122 Å². The molecule has 0 radical (unpaired) electrons. The molecule has 1 atom stereocenters. The number of allylic oxidation sites excluding steroid dienone is 3. The number of rotatable bonds is 3. The first-order valence-corrected chi connectivity index (χ1v) is 7.32. The van der Waals surface area contributed by atoms with Crippen molar-refractivity contribution in [2.75, 3.05) is 11.4 Å². The zero-order chi connectivity index (χ0) is 13.8. The molecule has 2 nitrogen and oxygen atoms in total. The van der Waals surface area contributed by atoms with Crippen molar-refractivity contribution in [2.24, 2.45) is 5.92 Å². The molecule has 1 aliphatic rings. The number of carbonyl (C=O) groups excluding carboxylic acids is 1. The van der Waals surface area contributed by atoms with Crippen molar-refractivity contribution in [1.82, 2.24) is 0 Å². The second-order valence-corrected chi connectivity index (χ2v) is 5.51. The van der Waals surface area contributed by atoms with Gasteiger partial charge in [0.05, 0.1) is 5.92 Å². The Morgan fingerprint density at radius 2 is 2.00 bits per heavy atom. The highest BCUT2D eigenvalue weighted by atomic mass is 79.9. The van der Waals surface area contributed by atoms with Gasteiger partial charge < -0.3 is 4.90 Å². The maximum Gasteiger partial charge on any atom is 0.234 e. The molecule has 0 aliphatic carbocycles. The molecule has 0 saturated carbocycles.